The topological polar surface area (TPSA) is 162 Å². The van der Waals surface area contributed by atoms with Gasteiger partial charge >= 0.3 is 5.97 Å². The molecule has 10 nitrogen and oxygen atoms in total. The third-order valence-corrected chi connectivity index (χ3v) is 5.78. The van der Waals surface area contributed by atoms with Crippen LogP contribution in [0.4, 0.5) is 4.39 Å². The summed E-state index contributed by atoms with van der Waals surface area (Å²) in [5.74, 6) is -4.95. The monoisotopic (exact) mass is 398 g/mol. The van der Waals surface area contributed by atoms with Crippen molar-refractivity contribution in [1.29, 1.82) is 0 Å². The number of carbonyl (C=O) groups excluding carboxylic acids is 5. The van der Waals surface area contributed by atoms with Gasteiger partial charge in [0.25, 0.3) is 0 Å². The second-order valence-electron chi connectivity index (χ2n) is 7.52. The van der Waals surface area contributed by atoms with E-state index in [9.17, 15) is 28.4 Å². The Bertz CT molecular complexity index is 725. The molecule has 1 saturated heterocycles. The lowest BCUT2D eigenvalue weighted by molar-refractivity contribution is -0.162. The number of piperidine rings is 1. The first kappa shape index (κ1) is 20.0. The van der Waals surface area contributed by atoms with E-state index in [1.54, 1.807) is 6.92 Å². The summed E-state index contributed by atoms with van der Waals surface area (Å²) in [6.07, 6.45) is -0.484. The van der Waals surface area contributed by atoms with Crippen molar-refractivity contribution in [3.8, 4) is 0 Å². The predicted octanol–water partition coefficient (Wildman–Crippen LogP) is -1.89. The highest BCUT2D eigenvalue weighted by Gasteiger charge is 2.65. The Kier molecular flexibility index (Phi) is 5.02. The number of rotatable bonds is 7. The molecule has 2 bridgehead atoms. The summed E-state index contributed by atoms with van der Waals surface area (Å²) < 4.78 is 19.3. The average Bonchev–Trinajstić information content (AvgIpc) is 3.24. The van der Waals surface area contributed by atoms with Gasteiger partial charge in [-0.2, -0.15) is 0 Å². The largest absolute Gasteiger partial charge is 0.465 e. The van der Waals surface area contributed by atoms with E-state index in [1.807, 2.05) is 0 Å². The van der Waals surface area contributed by atoms with Gasteiger partial charge in [0.1, 0.15) is 17.6 Å². The number of alkyl halides is 1. The molecule has 0 radical (unpaired) electrons. The van der Waals surface area contributed by atoms with E-state index >= 15 is 0 Å². The average molecular weight is 398 g/mol. The van der Waals surface area contributed by atoms with Gasteiger partial charge in [-0.05, 0) is 38.5 Å². The van der Waals surface area contributed by atoms with Crippen molar-refractivity contribution in [3.05, 3.63) is 0 Å². The van der Waals surface area contributed by atoms with Crippen LogP contribution in [0.15, 0.2) is 0 Å². The number of hydrogen-bond donors (Lipinski definition) is 3. The lowest BCUT2D eigenvalue weighted by atomic mass is 9.94. The van der Waals surface area contributed by atoms with Gasteiger partial charge < -0.3 is 26.4 Å². The number of halogens is 1. The molecule has 3 fully saturated rings. The van der Waals surface area contributed by atoms with Crippen molar-refractivity contribution in [2.24, 2.45) is 22.8 Å². The van der Waals surface area contributed by atoms with Crippen LogP contribution in [0.2, 0.25) is 0 Å². The number of nitrogens with two attached hydrogens (primary N) is 2. The number of primary amides is 2. The van der Waals surface area contributed by atoms with Gasteiger partial charge in [0.15, 0.2) is 6.04 Å². The molecule has 2 saturated carbocycles. The van der Waals surface area contributed by atoms with Gasteiger partial charge in [0.2, 0.25) is 23.6 Å². The quantitative estimate of drug-likeness (QED) is 0.335. The lowest BCUT2D eigenvalue weighted by Gasteiger charge is -2.38. The van der Waals surface area contributed by atoms with Crippen LogP contribution in [-0.4, -0.2) is 65.4 Å². The summed E-state index contributed by atoms with van der Waals surface area (Å²) in [7, 11) is 0. The Morgan fingerprint density at radius 3 is 2.29 bits per heavy atom. The zero-order chi connectivity index (χ0) is 20.8. The van der Waals surface area contributed by atoms with Crippen LogP contribution < -0.4 is 16.8 Å². The predicted molar refractivity (Wildman–Crippen MR) is 90.7 cm³/mol. The molecule has 0 aromatic heterocycles. The molecule has 11 heteroatoms. The standard InChI is InChI=1S/C17H23FN4O6/c1-2-28-16(27)17(3-4-17)15(26)22-9-6-7(5-8(9)18)11(22)14(25)21-10(12(19)23)13(20)24/h7-11H,2-6H2,1H3,(H2,19,23)(H2,20,24)(H,21,25)/t7?,8-,9?,11-/m1/s1. The minimum Gasteiger partial charge on any atom is -0.465 e. The van der Waals surface area contributed by atoms with E-state index in [4.69, 9.17) is 16.2 Å². The molecule has 5 N–H and O–H groups in total. The van der Waals surface area contributed by atoms with Crippen LogP contribution in [0, 0.1) is 11.3 Å². The van der Waals surface area contributed by atoms with Crippen molar-refractivity contribution in [2.75, 3.05) is 6.61 Å². The number of ether oxygens (including phenoxy) is 1. The summed E-state index contributed by atoms with van der Waals surface area (Å²) >= 11 is 0. The highest BCUT2D eigenvalue weighted by atomic mass is 19.1. The Labute approximate surface area is 160 Å². The highest BCUT2D eigenvalue weighted by Crippen LogP contribution is 2.53. The second kappa shape index (κ2) is 7.02. The molecule has 0 aromatic carbocycles. The molecule has 3 aliphatic rings. The fraction of sp³-hybridized carbons (Fsp3) is 0.706. The minimum atomic E-state index is -1.75. The van der Waals surface area contributed by atoms with E-state index in [2.05, 4.69) is 5.32 Å². The van der Waals surface area contributed by atoms with E-state index in [-0.39, 0.29) is 32.3 Å². The van der Waals surface area contributed by atoms with Crippen LogP contribution in [0.5, 0.6) is 0 Å². The molecule has 0 spiro atoms. The van der Waals surface area contributed by atoms with Gasteiger partial charge in [-0.3, -0.25) is 24.0 Å². The third-order valence-electron chi connectivity index (χ3n) is 5.78. The summed E-state index contributed by atoms with van der Waals surface area (Å²) in [5, 5.41) is 2.15. The number of esters is 1. The van der Waals surface area contributed by atoms with Crippen molar-refractivity contribution in [2.45, 2.75) is 56.9 Å². The number of likely N-dealkylation sites (tertiary alicyclic amines) is 1. The minimum absolute atomic E-state index is 0.0662. The molecule has 1 aliphatic heterocycles. The number of fused-ring (bicyclic) bond motifs is 2. The summed E-state index contributed by atoms with van der Waals surface area (Å²) in [6, 6.07) is -3.71. The van der Waals surface area contributed by atoms with Crippen molar-refractivity contribution in [3.63, 3.8) is 0 Å². The molecule has 3 rings (SSSR count). The summed E-state index contributed by atoms with van der Waals surface area (Å²) in [4.78, 5) is 62.0. The Morgan fingerprint density at radius 1 is 1.18 bits per heavy atom. The van der Waals surface area contributed by atoms with Crippen LogP contribution in [0.1, 0.15) is 32.6 Å². The number of nitrogens with zero attached hydrogens (tertiary/aromatic N) is 1. The molecular weight excluding hydrogens is 375 g/mol. The third kappa shape index (κ3) is 3.08. The van der Waals surface area contributed by atoms with Gasteiger partial charge in [-0.15, -0.1) is 0 Å². The second-order valence-corrected chi connectivity index (χ2v) is 7.52. The number of amides is 4. The van der Waals surface area contributed by atoms with Gasteiger partial charge in [-0.25, -0.2) is 4.39 Å². The number of nitrogens with one attached hydrogen (secondary N) is 1. The van der Waals surface area contributed by atoms with E-state index in [1.165, 1.54) is 0 Å². The van der Waals surface area contributed by atoms with Crippen LogP contribution in [0.3, 0.4) is 0 Å². The highest BCUT2D eigenvalue weighted by molar-refractivity contribution is 6.09. The van der Waals surface area contributed by atoms with Crippen LogP contribution >= 0.6 is 0 Å². The molecule has 28 heavy (non-hydrogen) atoms. The van der Waals surface area contributed by atoms with E-state index in [0.29, 0.717) is 0 Å². The van der Waals surface area contributed by atoms with Gasteiger partial charge in [-0.1, -0.05) is 0 Å². The zero-order valence-corrected chi connectivity index (χ0v) is 15.4. The molecule has 4 amide bonds. The molecule has 0 aromatic rings. The van der Waals surface area contributed by atoms with E-state index in [0.717, 1.165) is 4.90 Å². The number of carbonyl (C=O) groups is 5. The molecule has 154 valence electrons. The number of hydrogen-bond acceptors (Lipinski definition) is 6. The lowest BCUT2D eigenvalue weighted by Crippen LogP contribution is -2.61. The molecule has 1 heterocycles. The first-order chi connectivity index (χ1) is 13.1. The first-order valence-electron chi connectivity index (χ1n) is 9.17. The Hall–Kier alpha value is -2.72. The normalized spacial score (nSPS) is 29.5. The Balaban J connectivity index is 1.85. The fourth-order valence-corrected chi connectivity index (χ4v) is 4.25. The maximum absolute atomic E-state index is 14.4. The van der Waals surface area contributed by atoms with Crippen molar-refractivity contribution < 1.29 is 33.1 Å². The SMILES string of the molecule is CCOC(=O)C1(C(=O)N2C3CC(C[C@H]3F)[C@@H]2C(=O)NC(C(N)=O)C(N)=O)CC1. The van der Waals surface area contributed by atoms with E-state index < -0.39 is 65.2 Å². The van der Waals surface area contributed by atoms with Gasteiger partial charge in [0.05, 0.1) is 12.6 Å². The molecule has 2 aliphatic carbocycles. The fourth-order valence-electron chi connectivity index (χ4n) is 4.25. The van der Waals surface area contributed by atoms with Crippen LogP contribution in [0.25, 0.3) is 0 Å². The molecule has 4 atom stereocenters. The first-order valence-corrected chi connectivity index (χ1v) is 9.17. The van der Waals surface area contributed by atoms with Crippen molar-refractivity contribution in [1.82, 2.24) is 10.2 Å². The summed E-state index contributed by atoms with van der Waals surface area (Å²) in [6.45, 7) is 1.70. The maximum Gasteiger partial charge on any atom is 0.321 e. The summed E-state index contributed by atoms with van der Waals surface area (Å²) in [5.41, 5.74) is 8.75. The Morgan fingerprint density at radius 2 is 1.79 bits per heavy atom. The molecular formula is C17H23FN4O6. The maximum atomic E-state index is 14.4. The van der Waals surface area contributed by atoms with Crippen molar-refractivity contribution >= 4 is 29.6 Å². The molecule has 2 unspecified atom stereocenters. The van der Waals surface area contributed by atoms with Gasteiger partial charge in [0, 0.05) is 0 Å². The zero-order valence-electron chi connectivity index (χ0n) is 15.4. The van der Waals surface area contributed by atoms with Crippen LogP contribution in [-0.2, 0) is 28.7 Å². The smallest absolute Gasteiger partial charge is 0.321 e.